The van der Waals surface area contributed by atoms with Crippen molar-refractivity contribution in [2.24, 2.45) is 5.92 Å². The minimum absolute atomic E-state index is 0.0314. The molecule has 3 aromatic heterocycles. The number of anilines is 1. The number of hydrogen-bond donors (Lipinski definition) is 1. The highest BCUT2D eigenvalue weighted by Crippen LogP contribution is 2.25. The second-order valence-electron chi connectivity index (χ2n) is 7.03. The summed E-state index contributed by atoms with van der Waals surface area (Å²) in [6.45, 7) is 7.14. The normalized spacial score (nSPS) is 11.6. The molecule has 0 fully saturated rings. The van der Waals surface area contributed by atoms with Crippen LogP contribution in [0.5, 0.6) is 0 Å². The first-order chi connectivity index (χ1) is 12.9. The fourth-order valence-electron chi connectivity index (χ4n) is 3.23. The zero-order valence-electron chi connectivity index (χ0n) is 15.4. The Kier molecular flexibility index (Phi) is 4.31. The molecule has 4 rings (SSSR count). The zero-order chi connectivity index (χ0) is 19.1. The van der Waals surface area contributed by atoms with Crippen molar-refractivity contribution in [3.63, 3.8) is 0 Å². The van der Waals surface area contributed by atoms with Gasteiger partial charge in [0.05, 0.1) is 11.2 Å². The Morgan fingerprint density at radius 2 is 2.11 bits per heavy atom. The lowest BCUT2D eigenvalue weighted by molar-refractivity contribution is 0.102. The third-order valence-corrected chi connectivity index (χ3v) is 5.30. The Bertz CT molecular complexity index is 1220. The molecule has 0 atom stereocenters. The van der Waals surface area contributed by atoms with Gasteiger partial charge in [-0.05, 0) is 31.0 Å². The summed E-state index contributed by atoms with van der Waals surface area (Å²) >= 11 is 1.42. The average Bonchev–Trinajstić information content (AvgIpc) is 3.19. The number of aromatic nitrogens is 3. The van der Waals surface area contributed by atoms with E-state index in [-0.39, 0.29) is 11.1 Å². The third-order valence-electron chi connectivity index (χ3n) is 4.39. The molecule has 0 aliphatic heterocycles. The minimum Gasteiger partial charge on any atom is -0.347 e. The van der Waals surface area contributed by atoms with Crippen LogP contribution in [-0.2, 0) is 6.54 Å². The Morgan fingerprint density at radius 1 is 1.30 bits per heavy atom. The molecule has 0 unspecified atom stereocenters. The topological polar surface area (TPSA) is 68.4 Å². The van der Waals surface area contributed by atoms with E-state index in [0.717, 1.165) is 22.3 Å². The van der Waals surface area contributed by atoms with Crippen molar-refractivity contribution in [1.29, 1.82) is 0 Å². The number of thiazole rings is 1. The second-order valence-corrected chi connectivity index (χ2v) is 8.24. The van der Waals surface area contributed by atoms with Gasteiger partial charge in [-0.25, -0.2) is 4.98 Å². The first-order valence-corrected chi connectivity index (χ1v) is 9.62. The summed E-state index contributed by atoms with van der Waals surface area (Å²) in [5.74, 6) is 0.0700. The van der Waals surface area contributed by atoms with E-state index in [2.05, 4.69) is 28.7 Å². The number of nitrogens with zero attached hydrogens (tertiary/aromatic N) is 3. The predicted octanol–water partition coefficient (Wildman–Crippen LogP) is 3.93. The van der Waals surface area contributed by atoms with Gasteiger partial charge >= 0.3 is 0 Å². The molecule has 4 aromatic rings. The van der Waals surface area contributed by atoms with Crippen molar-refractivity contribution in [3.8, 4) is 0 Å². The molecular formula is C20H20N4O2S. The van der Waals surface area contributed by atoms with E-state index in [0.29, 0.717) is 16.6 Å². The summed E-state index contributed by atoms with van der Waals surface area (Å²) in [5, 5.41) is 3.83. The molecule has 138 valence electrons. The van der Waals surface area contributed by atoms with Crippen LogP contribution in [0.4, 0.5) is 5.69 Å². The molecule has 1 N–H and O–H groups in total. The molecule has 0 radical (unpaired) electrons. The molecule has 1 aromatic carbocycles. The quantitative estimate of drug-likeness (QED) is 0.583. The molecule has 6 nitrogen and oxygen atoms in total. The number of hydrogen-bond acceptors (Lipinski definition) is 4. The number of amides is 1. The number of nitrogens with one attached hydrogen (secondary N) is 1. The van der Waals surface area contributed by atoms with E-state index < -0.39 is 5.91 Å². The van der Waals surface area contributed by atoms with Gasteiger partial charge in [-0.2, -0.15) is 0 Å². The standard InChI is InChI=1S/C20H20N4O2S/c1-12(2)10-23-8-7-14-16(5-4-6-17(14)23)22-18(25)15-9-21-20-24(19(15)26)11-13(3)27-20/h4-9,11-12H,10H2,1-3H3,(H,22,25). The van der Waals surface area contributed by atoms with Gasteiger partial charge in [-0.3, -0.25) is 14.0 Å². The van der Waals surface area contributed by atoms with Gasteiger partial charge in [0.2, 0.25) is 0 Å². The Balaban J connectivity index is 1.70. The lowest BCUT2D eigenvalue weighted by atomic mass is 10.2. The monoisotopic (exact) mass is 380 g/mol. The maximum Gasteiger partial charge on any atom is 0.271 e. The number of carbonyl (C=O) groups is 1. The summed E-state index contributed by atoms with van der Waals surface area (Å²) in [5.41, 5.74) is 1.42. The van der Waals surface area contributed by atoms with Crippen LogP contribution in [0, 0.1) is 12.8 Å². The van der Waals surface area contributed by atoms with Gasteiger partial charge in [0.15, 0.2) is 4.96 Å². The molecule has 0 spiro atoms. The van der Waals surface area contributed by atoms with Gasteiger partial charge in [0.1, 0.15) is 5.56 Å². The molecule has 0 aliphatic carbocycles. The second kappa shape index (κ2) is 6.66. The Morgan fingerprint density at radius 3 is 2.89 bits per heavy atom. The van der Waals surface area contributed by atoms with Crippen molar-refractivity contribution < 1.29 is 4.79 Å². The maximum atomic E-state index is 12.7. The summed E-state index contributed by atoms with van der Waals surface area (Å²) in [7, 11) is 0. The highest BCUT2D eigenvalue weighted by atomic mass is 32.1. The van der Waals surface area contributed by atoms with Gasteiger partial charge < -0.3 is 9.88 Å². The van der Waals surface area contributed by atoms with Gasteiger partial charge in [0.25, 0.3) is 11.5 Å². The molecule has 7 heteroatoms. The number of rotatable bonds is 4. The van der Waals surface area contributed by atoms with Crippen LogP contribution in [0.3, 0.4) is 0 Å². The molecule has 27 heavy (non-hydrogen) atoms. The van der Waals surface area contributed by atoms with Crippen molar-refractivity contribution in [2.75, 3.05) is 5.32 Å². The highest BCUT2D eigenvalue weighted by Gasteiger charge is 2.16. The zero-order valence-corrected chi connectivity index (χ0v) is 16.2. The van der Waals surface area contributed by atoms with Gasteiger partial charge in [-0.1, -0.05) is 19.9 Å². The van der Waals surface area contributed by atoms with E-state index in [1.807, 2.05) is 37.4 Å². The Labute approximate surface area is 160 Å². The maximum absolute atomic E-state index is 12.7. The largest absolute Gasteiger partial charge is 0.347 e. The summed E-state index contributed by atoms with van der Waals surface area (Å²) in [4.78, 5) is 31.2. The highest BCUT2D eigenvalue weighted by molar-refractivity contribution is 7.16. The van der Waals surface area contributed by atoms with E-state index in [1.165, 1.54) is 21.9 Å². The van der Waals surface area contributed by atoms with Crippen LogP contribution >= 0.6 is 11.3 Å². The molecule has 0 saturated carbocycles. The molecule has 3 heterocycles. The first-order valence-electron chi connectivity index (χ1n) is 8.81. The third kappa shape index (κ3) is 3.14. The number of benzene rings is 1. The first kappa shape index (κ1) is 17.5. The minimum atomic E-state index is -0.449. The van der Waals surface area contributed by atoms with E-state index >= 15 is 0 Å². The smallest absolute Gasteiger partial charge is 0.271 e. The molecule has 0 bridgehead atoms. The lowest BCUT2D eigenvalue weighted by Crippen LogP contribution is -2.25. The molecule has 0 saturated heterocycles. The lowest BCUT2D eigenvalue weighted by Gasteiger charge is -2.10. The van der Waals surface area contributed by atoms with E-state index in [1.54, 1.807) is 6.20 Å². The van der Waals surface area contributed by atoms with Gasteiger partial charge in [0, 0.05) is 35.4 Å². The predicted molar refractivity (Wildman–Crippen MR) is 109 cm³/mol. The van der Waals surface area contributed by atoms with Crippen LogP contribution in [0.1, 0.15) is 29.1 Å². The van der Waals surface area contributed by atoms with Crippen molar-refractivity contribution in [3.05, 3.63) is 63.7 Å². The van der Waals surface area contributed by atoms with E-state index in [4.69, 9.17) is 0 Å². The summed E-state index contributed by atoms with van der Waals surface area (Å²) in [6.07, 6.45) is 5.09. The van der Waals surface area contributed by atoms with Crippen LogP contribution in [0.25, 0.3) is 15.9 Å². The van der Waals surface area contributed by atoms with Gasteiger partial charge in [-0.15, -0.1) is 11.3 Å². The number of carbonyl (C=O) groups excluding carboxylic acids is 1. The van der Waals surface area contributed by atoms with Crippen LogP contribution in [0.2, 0.25) is 0 Å². The van der Waals surface area contributed by atoms with Crippen molar-refractivity contribution >= 4 is 38.8 Å². The van der Waals surface area contributed by atoms with Crippen LogP contribution in [-0.4, -0.2) is 19.9 Å². The fraction of sp³-hybridized carbons (Fsp3) is 0.250. The summed E-state index contributed by atoms with van der Waals surface area (Å²) in [6, 6.07) is 7.78. The van der Waals surface area contributed by atoms with Crippen LogP contribution < -0.4 is 10.9 Å². The van der Waals surface area contributed by atoms with Crippen molar-refractivity contribution in [1.82, 2.24) is 14.0 Å². The number of fused-ring (bicyclic) bond motifs is 2. The molecule has 0 aliphatic rings. The molecular weight excluding hydrogens is 360 g/mol. The van der Waals surface area contributed by atoms with Crippen molar-refractivity contribution in [2.45, 2.75) is 27.3 Å². The average molecular weight is 380 g/mol. The fourth-order valence-corrected chi connectivity index (χ4v) is 4.01. The summed E-state index contributed by atoms with van der Waals surface area (Å²) < 4.78 is 3.60. The SMILES string of the molecule is Cc1cn2c(=O)c(C(=O)Nc3cccc4c3ccn4CC(C)C)cnc2s1. The number of aryl methyl sites for hydroxylation is 1. The molecule has 1 amide bonds. The van der Waals surface area contributed by atoms with Crippen LogP contribution in [0.15, 0.2) is 47.7 Å². The Hall–Kier alpha value is -2.93. The van der Waals surface area contributed by atoms with E-state index in [9.17, 15) is 9.59 Å².